The van der Waals surface area contributed by atoms with Crippen LogP contribution in [0.3, 0.4) is 0 Å². The molecule has 1 unspecified atom stereocenters. The van der Waals surface area contributed by atoms with Gasteiger partial charge in [0.1, 0.15) is 23.1 Å². The number of aliphatic carboxylic acids is 1. The van der Waals surface area contributed by atoms with Crippen molar-refractivity contribution < 1.29 is 43.6 Å². The molecule has 38 heavy (non-hydrogen) atoms. The van der Waals surface area contributed by atoms with E-state index >= 15 is 0 Å². The first kappa shape index (κ1) is 26.6. The first-order valence-corrected chi connectivity index (χ1v) is 12.3. The highest BCUT2D eigenvalue weighted by molar-refractivity contribution is 7.17. The number of hydrogen-bond acceptors (Lipinski definition) is 8. The number of nitrogens with one attached hydrogen (secondary N) is 2. The molecule has 0 radical (unpaired) electrons. The lowest BCUT2D eigenvalue weighted by Crippen LogP contribution is -2.38. The summed E-state index contributed by atoms with van der Waals surface area (Å²) < 4.78 is 17.0. The van der Waals surface area contributed by atoms with E-state index < -0.39 is 23.9 Å². The molecule has 3 aromatic rings. The lowest BCUT2D eigenvalue weighted by molar-refractivity contribution is -0.147. The molecule has 0 saturated carbocycles. The average Bonchev–Trinajstić information content (AvgIpc) is 3.28. The maximum absolute atomic E-state index is 12.3. The van der Waals surface area contributed by atoms with E-state index in [1.54, 1.807) is 24.3 Å². The van der Waals surface area contributed by atoms with E-state index in [4.69, 9.17) is 19.3 Å². The normalized spacial score (nSPS) is 14.2. The number of carboxylic acids is 2. The standard InChI is InChI=1S/C26H24N2O9S/c29-21(14-37-17-8-6-16(7-9-17)35-12-15-4-2-1-3-5-15)27-11-18-10-19-20(13-36-18)38-24(22(19)25(31)32)28-23(30)26(33)34/h1-9,18H,10-14H2,(H,27,29)(H,28,30)(H,31,32)(H,33,34). The molecular formula is C26H24N2O9S. The molecule has 198 valence electrons. The van der Waals surface area contributed by atoms with E-state index in [1.807, 2.05) is 30.3 Å². The van der Waals surface area contributed by atoms with Crippen LogP contribution in [0.25, 0.3) is 0 Å². The Kier molecular flexibility index (Phi) is 8.56. The SMILES string of the molecule is O=C(COc1ccc(OCc2ccccc2)cc1)NCC1Cc2c(sc(NC(=O)C(=O)O)c2C(=O)O)CO1. The molecule has 4 N–H and O–H groups in total. The summed E-state index contributed by atoms with van der Waals surface area (Å²) in [5, 5.41) is 23.2. The van der Waals surface area contributed by atoms with Gasteiger partial charge in [-0.3, -0.25) is 9.59 Å². The Bertz CT molecular complexity index is 1320. The number of benzene rings is 2. The molecule has 2 aromatic carbocycles. The van der Waals surface area contributed by atoms with E-state index in [2.05, 4.69) is 10.6 Å². The van der Waals surface area contributed by atoms with Crippen molar-refractivity contribution >= 4 is 40.1 Å². The van der Waals surface area contributed by atoms with Gasteiger partial charge in [0.2, 0.25) is 0 Å². The number of carbonyl (C=O) groups is 4. The molecule has 0 bridgehead atoms. The van der Waals surface area contributed by atoms with Crippen molar-refractivity contribution in [2.45, 2.75) is 25.7 Å². The van der Waals surface area contributed by atoms with Crippen molar-refractivity contribution in [1.29, 1.82) is 0 Å². The van der Waals surface area contributed by atoms with Crippen LogP contribution in [-0.4, -0.2) is 53.2 Å². The Morgan fingerprint density at radius 1 is 0.974 bits per heavy atom. The summed E-state index contributed by atoms with van der Waals surface area (Å²) in [5.74, 6) is -3.57. The van der Waals surface area contributed by atoms with Crippen LogP contribution in [0, 0.1) is 0 Å². The smallest absolute Gasteiger partial charge is 0.394 e. The summed E-state index contributed by atoms with van der Waals surface area (Å²) in [6.07, 6.45) is -0.342. The van der Waals surface area contributed by atoms with Gasteiger partial charge in [0.25, 0.3) is 5.91 Å². The van der Waals surface area contributed by atoms with Crippen LogP contribution in [0.2, 0.25) is 0 Å². The Morgan fingerprint density at radius 2 is 1.66 bits per heavy atom. The van der Waals surface area contributed by atoms with E-state index in [-0.39, 0.29) is 42.7 Å². The Hall–Kier alpha value is -4.42. The van der Waals surface area contributed by atoms with Crippen LogP contribution in [0.5, 0.6) is 11.5 Å². The molecule has 0 saturated heterocycles. The molecule has 0 fully saturated rings. The highest BCUT2D eigenvalue weighted by atomic mass is 32.1. The highest BCUT2D eigenvalue weighted by Gasteiger charge is 2.31. The summed E-state index contributed by atoms with van der Waals surface area (Å²) in [4.78, 5) is 47.0. The van der Waals surface area contributed by atoms with E-state index in [0.29, 0.717) is 28.5 Å². The van der Waals surface area contributed by atoms with Crippen LogP contribution in [-0.2, 0) is 38.8 Å². The second-order valence-corrected chi connectivity index (χ2v) is 9.35. The van der Waals surface area contributed by atoms with Crippen LogP contribution < -0.4 is 20.1 Å². The molecule has 0 aliphatic carbocycles. The molecule has 2 amide bonds. The van der Waals surface area contributed by atoms with Crippen LogP contribution in [0.1, 0.15) is 26.4 Å². The molecule has 1 aliphatic heterocycles. The van der Waals surface area contributed by atoms with Crippen molar-refractivity contribution in [1.82, 2.24) is 5.32 Å². The number of anilines is 1. The molecule has 1 aromatic heterocycles. The van der Waals surface area contributed by atoms with Crippen molar-refractivity contribution in [3.63, 3.8) is 0 Å². The lowest BCUT2D eigenvalue weighted by Gasteiger charge is -2.23. The fourth-order valence-electron chi connectivity index (χ4n) is 3.73. The number of amides is 2. The second kappa shape index (κ2) is 12.2. The van der Waals surface area contributed by atoms with Crippen LogP contribution in [0.15, 0.2) is 54.6 Å². The van der Waals surface area contributed by atoms with Gasteiger partial charge in [-0.1, -0.05) is 30.3 Å². The number of thiophene rings is 1. The summed E-state index contributed by atoms with van der Waals surface area (Å²) in [6.45, 7) is 0.386. The Balaban J connectivity index is 1.24. The minimum Gasteiger partial charge on any atom is -0.489 e. The van der Waals surface area contributed by atoms with E-state index in [9.17, 15) is 24.3 Å². The van der Waals surface area contributed by atoms with Gasteiger partial charge in [-0.15, -0.1) is 11.3 Å². The first-order chi connectivity index (χ1) is 18.3. The third-order valence-corrected chi connectivity index (χ3v) is 6.70. The largest absolute Gasteiger partial charge is 0.489 e. The quantitative estimate of drug-likeness (QED) is 0.283. The summed E-state index contributed by atoms with van der Waals surface area (Å²) in [6, 6.07) is 16.6. The number of carbonyl (C=O) groups excluding carboxylic acids is 2. The number of aromatic carboxylic acids is 1. The Labute approximate surface area is 221 Å². The first-order valence-electron chi connectivity index (χ1n) is 11.5. The number of ether oxygens (including phenoxy) is 3. The lowest BCUT2D eigenvalue weighted by atomic mass is 10.0. The molecule has 4 rings (SSSR count). The molecule has 2 heterocycles. The molecule has 12 heteroatoms. The maximum Gasteiger partial charge on any atom is 0.394 e. The van der Waals surface area contributed by atoms with Crippen LogP contribution >= 0.6 is 11.3 Å². The van der Waals surface area contributed by atoms with Crippen molar-refractivity contribution in [2.75, 3.05) is 18.5 Å². The van der Waals surface area contributed by atoms with E-state index in [0.717, 1.165) is 16.9 Å². The fourth-order valence-corrected chi connectivity index (χ4v) is 4.87. The topological polar surface area (TPSA) is 160 Å². The third-order valence-electron chi connectivity index (χ3n) is 5.58. The second-order valence-electron chi connectivity index (χ2n) is 8.25. The summed E-state index contributed by atoms with van der Waals surface area (Å²) in [7, 11) is 0. The predicted molar refractivity (Wildman–Crippen MR) is 136 cm³/mol. The summed E-state index contributed by atoms with van der Waals surface area (Å²) >= 11 is 0.954. The monoisotopic (exact) mass is 540 g/mol. The van der Waals surface area contributed by atoms with Crippen molar-refractivity contribution in [3.8, 4) is 11.5 Å². The molecule has 0 spiro atoms. The number of fused-ring (bicyclic) bond motifs is 1. The minimum atomic E-state index is -1.72. The van der Waals surface area contributed by atoms with Crippen molar-refractivity contribution in [3.05, 3.63) is 76.2 Å². The van der Waals surface area contributed by atoms with Gasteiger partial charge in [0, 0.05) is 17.8 Å². The van der Waals surface area contributed by atoms with Crippen molar-refractivity contribution in [2.24, 2.45) is 0 Å². The number of rotatable bonds is 10. The molecule has 1 aliphatic rings. The van der Waals surface area contributed by atoms with Gasteiger partial charge in [-0.25, -0.2) is 9.59 Å². The zero-order valence-electron chi connectivity index (χ0n) is 20.0. The third kappa shape index (κ3) is 6.87. The van der Waals surface area contributed by atoms with Gasteiger partial charge in [-0.05, 0) is 35.4 Å². The van der Waals surface area contributed by atoms with E-state index in [1.165, 1.54) is 0 Å². The van der Waals surface area contributed by atoms with Gasteiger partial charge in [-0.2, -0.15) is 0 Å². The highest BCUT2D eigenvalue weighted by Crippen LogP contribution is 2.37. The van der Waals surface area contributed by atoms with Gasteiger partial charge >= 0.3 is 17.8 Å². The number of hydrogen-bond donors (Lipinski definition) is 4. The average molecular weight is 541 g/mol. The zero-order valence-corrected chi connectivity index (χ0v) is 20.8. The minimum absolute atomic E-state index is 0.0620. The number of carboxylic acid groups (broad SMARTS) is 2. The van der Waals surface area contributed by atoms with Crippen LogP contribution in [0.4, 0.5) is 5.00 Å². The van der Waals surface area contributed by atoms with Gasteiger partial charge < -0.3 is 35.1 Å². The summed E-state index contributed by atoms with van der Waals surface area (Å²) in [5.41, 5.74) is 1.32. The Morgan fingerprint density at radius 3 is 2.32 bits per heavy atom. The predicted octanol–water partition coefficient (Wildman–Crippen LogP) is 2.68. The molecular weight excluding hydrogens is 516 g/mol. The molecule has 11 nitrogen and oxygen atoms in total. The molecule has 1 atom stereocenters. The van der Waals surface area contributed by atoms with Gasteiger partial charge in [0.15, 0.2) is 6.61 Å². The zero-order chi connectivity index (χ0) is 27.1. The maximum atomic E-state index is 12.3. The van der Waals surface area contributed by atoms with Gasteiger partial charge in [0.05, 0.1) is 18.3 Å². The fraction of sp³-hybridized carbons (Fsp3) is 0.231.